The zero-order chi connectivity index (χ0) is 33.1. The summed E-state index contributed by atoms with van der Waals surface area (Å²) in [7, 11) is 0. The molecule has 3 aliphatic rings. The van der Waals surface area contributed by atoms with Gasteiger partial charge in [0.1, 0.15) is 17.1 Å². The lowest BCUT2D eigenvalue weighted by molar-refractivity contribution is -0.385. The summed E-state index contributed by atoms with van der Waals surface area (Å²) in [4.78, 5) is 50.7. The Balaban J connectivity index is 1.35. The molecule has 0 bridgehead atoms. The molecule has 0 aromatic heterocycles. The molecule has 1 saturated heterocycles. The van der Waals surface area contributed by atoms with Crippen LogP contribution in [0.5, 0.6) is 11.5 Å². The van der Waals surface area contributed by atoms with E-state index in [1.165, 1.54) is 25.1 Å². The van der Waals surface area contributed by atoms with Crippen molar-refractivity contribution < 1.29 is 49.2 Å². The minimum Gasteiger partial charge on any atom is -0.507 e. The first kappa shape index (κ1) is 31.5. The van der Waals surface area contributed by atoms with Crippen LogP contribution in [0.4, 0.5) is 5.69 Å². The number of carbonyl (C=O) groups excluding carboxylic acids is 3. The van der Waals surface area contributed by atoms with Crippen LogP contribution >= 0.6 is 0 Å². The van der Waals surface area contributed by atoms with Crippen LogP contribution in [0, 0.1) is 10.1 Å². The number of ketones is 3. The van der Waals surface area contributed by atoms with Gasteiger partial charge in [0.05, 0.1) is 34.4 Å². The molecule has 0 saturated carbocycles. The lowest BCUT2D eigenvalue weighted by Crippen LogP contribution is -2.54. The quantitative estimate of drug-likeness (QED) is 0.113. The highest BCUT2D eigenvalue weighted by molar-refractivity contribution is 6.30. The lowest BCUT2D eigenvalue weighted by Gasteiger charge is -2.43. The molecule has 2 aliphatic carbocycles. The Kier molecular flexibility index (Phi) is 7.99. The fourth-order valence-electron chi connectivity index (χ4n) is 6.67. The molecule has 1 fully saturated rings. The highest BCUT2D eigenvalue weighted by Gasteiger charge is 2.49. The number of hydrogen-bond donors (Lipinski definition) is 5. The Hall–Kier alpha value is -4.53. The number of carbonyl (C=O) groups is 3. The van der Waals surface area contributed by atoms with E-state index < -0.39 is 87.6 Å². The summed E-state index contributed by atoms with van der Waals surface area (Å²) in [5.74, 6) is -3.27. The lowest BCUT2D eigenvalue weighted by atomic mass is 9.72. The number of rotatable bonds is 7. The van der Waals surface area contributed by atoms with Crippen molar-refractivity contribution in [2.75, 3.05) is 0 Å². The second kappa shape index (κ2) is 11.7. The number of Topliss-reactive ketones (excluding diaryl/α,β-unsaturated/α-hetero) is 1. The predicted octanol–water partition coefficient (Wildman–Crippen LogP) is 2.76. The van der Waals surface area contributed by atoms with Crippen molar-refractivity contribution in [2.24, 2.45) is 0 Å². The average Bonchev–Trinajstić information content (AvgIpc) is 3.02. The van der Waals surface area contributed by atoms with Gasteiger partial charge in [0.2, 0.25) is 0 Å². The Morgan fingerprint density at radius 1 is 1.07 bits per heavy atom. The van der Waals surface area contributed by atoms with E-state index in [9.17, 15) is 44.9 Å². The second-order valence-electron chi connectivity index (χ2n) is 12.0. The molecule has 0 radical (unpaired) electrons. The first-order chi connectivity index (χ1) is 21.8. The van der Waals surface area contributed by atoms with Gasteiger partial charge in [-0.25, -0.2) is 0 Å². The van der Waals surface area contributed by atoms with Crippen LogP contribution in [0.2, 0.25) is 0 Å². The normalized spacial score (nSPS) is 27.0. The van der Waals surface area contributed by atoms with Crippen molar-refractivity contribution in [3.05, 3.63) is 97.6 Å². The number of nitrogens with one attached hydrogen (secondary N) is 1. The Bertz CT molecular complexity index is 1790. The molecule has 13 nitrogen and oxygen atoms in total. The van der Waals surface area contributed by atoms with Gasteiger partial charge in [-0.2, -0.15) is 0 Å². The first-order valence-electron chi connectivity index (χ1n) is 14.8. The number of benzene rings is 3. The summed E-state index contributed by atoms with van der Waals surface area (Å²) in [5, 5.41) is 59.9. The Morgan fingerprint density at radius 2 is 1.67 bits per heavy atom. The number of aliphatic hydroxyl groups is 2. The number of nitrogens with zero attached hydrogens (tertiary/aromatic N) is 1. The van der Waals surface area contributed by atoms with E-state index in [0.717, 1.165) is 0 Å². The molecule has 6 rings (SSSR count). The summed E-state index contributed by atoms with van der Waals surface area (Å²) in [6.07, 6.45) is -5.03. The molecule has 0 amide bonds. The third-order valence-electron chi connectivity index (χ3n) is 9.19. The summed E-state index contributed by atoms with van der Waals surface area (Å²) in [6.45, 7) is 2.82. The number of ether oxygens (including phenoxy) is 2. The van der Waals surface area contributed by atoms with Crippen molar-refractivity contribution in [1.82, 2.24) is 5.32 Å². The van der Waals surface area contributed by atoms with Crippen molar-refractivity contribution in [3.8, 4) is 11.5 Å². The summed E-state index contributed by atoms with van der Waals surface area (Å²) in [6, 6.07) is 11.5. The van der Waals surface area contributed by atoms with Crippen LogP contribution in [0.15, 0.2) is 48.5 Å². The standard InChI is InChI=1S/C33H32N2O11/c1-15-28(37)21(34-14-17-7-3-6-10-22(17)35(43)44)11-24(45-15)46-23-13-33(42,16(2)36)12-20-25(23)32(41)27-26(31(20)40)29(38)18-8-4-5-9-19(18)30(27)39/h3-10,15,21,23-24,28,34,37,40-42H,11-14H2,1-2H3/t15-,21-,23-,24-,28+,33-/m0/s1. The molecule has 0 unspecified atom stereocenters. The fraction of sp³-hybridized carbons (Fsp3) is 0.364. The summed E-state index contributed by atoms with van der Waals surface area (Å²) in [5.41, 5.74) is -2.65. The fourth-order valence-corrected chi connectivity index (χ4v) is 6.67. The van der Waals surface area contributed by atoms with E-state index in [1.54, 1.807) is 37.3 Å². The number of para-hydroxylation sites is 1. The SMILES string of the molecule is CC(=O)[C@]1(O)Cc2c(O)c3c(c(O)c2[C@@H](O[C@H]2C[C@H](NCc4ccccc4[N+](=O)[O-])[C@H](O)[C@H](C)O2)C1)C(=O)c1ccccc1C3=O. The molecule has 3 aromatic carbocycles. The topological polar surface area (TPSA) is 206 Å². The van der Waals surface area contributed by atoms with Gasteiger partial charge < -0.3 is 35.2 Å². The van der Waals surface area contributed by atoms with E-state index in [0.29, 0.717) is 5.56 Å². The molecule has 5 N–H and O–H groups in total. The highest BCUT2D eigenvalue weighted by Crippen LogP contribution is 2.52. The zero-order valence-corrected chi connectivity index (χ0v) is 24.9. The minimum absolute atomic E-state index is 0.0128. The van der Waals surface area contributed by atoms with Crippen LogP contribution in [-0.2, 0) is 27.2 Å². The third kappa shape index (κ3) is 5.15. The van der Waals surface area contributed by atoms with Gasteiger partial charge in [0, 0.05) is 65.7 Å². The summed E-state index contributed by atoms with van der Waals surface area (Å²) < 4.78 is 12.2. The maximum absolute atomic E-state index is 13.6. The van der Waals surface area contributed by atoms with Crippen LogP contribution < -0.4 is 5.32 Å². The Morgan fingerprint density at radius 3 is 2.30 bits per heavy atom. The number of aromatic hydroxyl groups is 2. The highest BCUT2D eigenvalue weighted by atomic mass is 16.7. The van der Waals surface area contributed by atoms with Gasteiger partial charge in [0.25, 0.3) is 5.69 Å². The molecular weight excluding hydrogens is 600 g/mol. The predicted molar refractivity (Wildman–Crippen MR) is 160 cm³/mol. The van der Waals surface area contributed by atoms with E-state index in [2.05, 4.69) is 5.32 Å². The van der Waals surface area contributed by atoms with E-state index in [-0.39, 0.29) is 47.3 Å². The zero-order valence-electron chi connectivity index (χ0n) is 24.9. The van der Waals surface area contributed by atoms with Crippen LogP contribution in [0.3, 0.4) is 0 Å². The Labute approximate surface area is 262 Å². The van der Waals surface area contributed by atoms with Gasteiger partial charge in [0.15, 0.2) is 23.6 Å². The van der Waals surface area contributed by atoms with Gasteiger partial charge in [-0.1, -0.05) is 42.5 Å². The maximum Gasteiger partial charge on any atom is 0.273 e. The largest absolute Gasteiger partial charge is 0.507 e. The van der Waals surface area contributed by atoms with Crippen LogP contribution in [0.1, 0.15) is 81.3 Å². The number of aliphatic hydroxyl groups excluding tert-OH is 1. The second-order valence-corrected chi connectivity index (χ2v) is 12.0. The molecule has 240 valence electrons. The van der Waals surface area contributed by atoms with Crippen molar-refractivity contribution in [2.45, 2.75) is 75.9 Å². The molecule has 1 heterocycles. The van der Waals surface area contributed by atoms with Crippen LogP contribution in [0.25, 0.3) is 0 Å². The van der Waals surface area contributed by atoms with Crippen molar-refractivity contribution >= 4 is 23.0 Å². The first-order valence-corrected chi connectivity index (χ1v) is 14.8. The van der Waals surface area contributed by atoms with Gasteiger partial charge in [-0.15, -0.1) is 0 Å². The number of phenolic OH excluding ortho intramolecular Hbond substituents is 2. The third-order valence-corrected chi connectivity index (χ3v) is 9.19. The van der Waals surface area contributed by atoms with Crippen molar-refractivity contribution in [1.29, 1.82) is 0 Å². The van der Waals surface area contributed by atoms with E-state index in [1.807, 2.05) is 0 Å². The van der Waals surface area contributed by atoms with Gasteiger partial charge in [-0.05, 0) is 13.8 Å². The molecule has 0 spiro atoms. The average molecular weight is 633 g/mol. The molecule has 3 aromatic rings. The molecule has 13 heteroatoms. The molecular formula is C33H32N2O11. The number of hydrogen-bond acceptors (Lipinski definition) is 12. The van der Waals surface area contributed by atoms with Crippen LogP contribution in [-0.4, -0.2) is 72.8 Å². The number of phenols is 2. The summed E-state index contributed by atoms with van der Waals surface area (Å²) >= 11 is 0. The number of nitro groups is 1. The van der Waals surface area contributed by atoms with Crippen molar-refractivity contribution in [3.63, 3.8) is 0 Å². The smallest absolute Gasteiger partial charge is 0.273 e. The number of nitro benzene ring substituents is 1. The minimum atomic E-state index is -2.06. The molecule has 1 aliphatic heterocycles. The van der Waals surface area contributed by atoms with Gasteiger partial charge >= 0.3 is 0 Å². The molecule has 6 atom stereocenters. The number of fused-ring (bicyclic) bond motifs is 3. The van der Waals surface area contributed by atoms with Gasteiger partial charge in [-0.3, -0.25) is 24.5 Å². The van der Waals surface area contributed by atoms with E-state index in [4.69, 9.17) is 9.47 Å². The maximum atomic E-state index is 13.6. The molecule has 46 heavy (non-hydrogen) atoms. The monoisotopic (exact) mass is 632 g/mol. The van der Waals surface area contributed by atoms with E-state index >= 15 is 0 Å².